The number of hydrogen-bond acceptors (Lipinski definition) is 2. The van der Waals surface area contributed by atoms with Crippen LogP contribution in [0.2, 0.25) is 0 Å². The highest BCUT2D eigenvalue weighted by molar-refractivity contribution is 5.98. The second kappa shape index (κ2) is 18.0. The first-order chi connectivity index (χ1) is 42.3. The number of rotatable bonds is 8. The Kier molecular flexibility index (Phi) is 9.31. The fourth-order valence-corrected chi connectivity index (χ4v) is 14.6. The lowest BCUT2D eigenvalue weighted by molar-refractivity contribution is 0.793. The van der Waals surface area contributed by atoms with E-state index < -0.39 is 10.8 Å². The summed E-state index contributed by atoms with van der Waals surface area (Å²) in [6, 6.07) is 103. The van der Waals surface area contributed by atoms with Gasteiger partial charge in [-0.05, 0) is 184 Å². The maximum atomic E-state index is 9.85. The number of benzene rings is 13. The Labute approximate surface area is 484 Å². The smallest absolute Gasteiger partial charge is 0.0726 e. The number of para-hydroxylation sites is 2. The summed E-state index contributed by atoms with van der Waals surface area (Å²) in [6.07, 6.45) is 0. The molecule has 2 heteroatoms. The lowest BCUT2D eigenvalue weighted by Crippen LogP contribution is -2.26. The minimum Gasteiger partial charge on any atom is -0.310 e. The molecule has 0 aliphatic heterocycles. The molecular formula is C80H52N2. The van der Waals surface area contributed by atoms with Crippen molar-refractivity contribution in [3.05, 3.63) is 360 Å². The van der Waals surface area contributed by atoms with Crippen LogP contribution in [-0.2, 0) is 10.8 Å². The Hall–Kier alpha value is -10.5. The van der Waals surface area contributed by atoms with E-state index in [9.17, 15) is 5.48 Å². The highest BCUT2D eigenvalue weighted by Gasteiger charge is 2.53. The molecule has 13 aromatic carbocycles. The molecule has 0 aromatic heterocycles. The second-order valence-electron chi connectivity index (χ2n) is 21.9. The van der Waals surface area contributed by atoms with Crippen LogP contribution in [0.1, 0.15) is 50.0 Å². The van der Waals surface area contributed by atoms with E-state index in [4.69, 9.17) is 0 Å². The van der Waals surface area contributed by atoms with Crippen LogP contribution in [0.3, 0.4) is 0 Å². The normalized spacial score (nSPS) is 14.2. The van der Waals surface area contributed by atoms with Crippen molar-refractivity contribution < 1.29 is 5.48 Å². The van der Waals surface area contributed by atoms with Crippen LogP contribution in [-0.4, -0.2) is 0 Å². The standard InChI is InChI=1S/C80H52N2/c1-3-19-57(20-4-1)81(61-47-49-69-67-27-11-17-33-75(67)79(77(69)51-61)71-29-13-7-23-63(71)64-24-8-14-30-72(64)79)59-43-39-55(40-44-59)53-35-37-54(38-36-53)56-41-45-60(46-42-56)82(58-21-5-2-6-22-58)62-48-50-70-68-28-12-18-34-76(68)80(78(70)52-62)73-31-15-9-25-65(73)66-26-10-16-32-74(66)80/h1-52H/i39D,40D,43D,44D. The molecule has 4 aliphatic carbocycles. The van der Waals surface area contributed by atoms with Gasteiger partial charge in [0, 0.05) is 34.1 Å². The van der Waals surface area contributed by atoms with E-state index in [-0.39, 0.29) is 35.4 Å². The molecule has 0 N–H and O–H groups in total. The van der Waals surface area contributed by atoms with Crippen molar-refractivity contribution in [3.63, 3.8) is 0 Å². The molecule has 2 spiro atoms. The van der Waals surface area contributed by atoms with Crippen LogP contribution in [0.5, 0.6) is 0 Å². The molecule has 0 saturated carbocycles. The van der Waals surface area contributed by atoms with E-state index in [1.54, 1.807) is 0 Å². The van der Waals surface area contributed by atoms with Crippen molar-refractivity contribution in [1.82, 2.24) is 0 Å². The zero-order valence-electron chi connectivity index (χ0n) is 48.6. The summed E-state index contributed by atoms with van der Waals surface area (Å²) < 4.78 is 39.1. The van der Waals surface area contributed by atoms with Gasteiger partial charge in [-0.3, -0.25) is 0 Å². The van der Waals surface area contributed by atoms with Gasteiger partial charge in [-0.25, -0.2) is 0 Å². The SMILES string of the molecule is [2H]c1c([2H])c(N(c2ccccc2)c2ccc3c(c2)C2(c4ccccc4-c4ccccc42)c2ccccc2-3)c([2H])c([2H])c1-c1ccc(-c2ccc(N(c3ccccc3)c3ccc4c(c3)C3(c5ccccc5-c5ccccc53)c3ccccc3-4)cc2)cc1. The third kappa shape index (κ3) is 6.52. The average Bonchev–Trinajstić information content (AvgIpc) is 1.54. The summed E-state index contributed by atoms with van der Waals surface area (Å²) in [6.45, 7) is 0. The Morgan fingerprint density at radius 3 is 0.805 bits per heavy atom. The minimum atomic E-state index is -0.606. The Balaban J connectivity index is 0.729. The molecule has 17 rings (SSSR count). The van der Waals surface area contributed by atoms with E-state index in [1.165, 1.54) is 77.9 Å². The van der Waals surface area contributed by atoms with Crippen molar-refractivity contribution in [2.24, 2.45) is 0 Å². The van der Waals surface area contributed by atoms with Gasteiger partial charge in [-0.2, -0.15) is 0 Å². The fraction of sp³-hybridized carbons (Fsp3) is 0.0250. The van der Waals surface area contributed by atoms with E-state index in [2.05, 4.69) is 241 Å². The summed E-state index contributed by atoms with van der Waals surface area (Å²) in [7, 11) is 0. The van der Waals surface area contributed by atoms with E-state index in [0.29, 0.717) is 5.56 Å². The third-order valence-corrected chi connectivity index (χ3v) is 18.0. The van der Waals surface area contributed by atoms with Crippen LogP contribution in [0.4, 0.5) is 34.1 Å². The van der Waals surface area contributed by atoms with Crippen LogP contribution >= 0.6 is 0 Å². The van der Waals surface area contributed by atoms with Gasteiger partial charge >= 0.3 is 0 Å². The molecule has 0 heterocycles. The average molecular weight is 1050 g/mol. The molecule has 82 heavy (non-hydrogen) atoms. The molecule has 2 nitrogen and oxygen atoms in total. The molecule has 13 aromatic rings. The molecule has 0 unspecified atom stereocenters. The first kappa shape index (κ1) is 42.4. The van der Waals surface area contributed by atoms with Gasteiger partial charge < -0.3 is 9.80 Å². The van der Waals surface area contributed by atoms with Crippen molar-refractivity contribution in [2.75, 3.05) is 9.80 Å². The summed E-state index contributed by atoms with van der Waals surface area (Å²) in [4.78, 5) is 4.25. The monoisotopic (exact) mass is 1040 g/mol. The van der Waals surface area contributed by atoms with Crippen LogP contribution in [0.25, 0.3) is 66.8 Å². The van der Waals surface area contributed by atoms with Gasteiger partial charge in [0.1, 0.15) is 0 Å². The fourth-order valence-electron chi connectivity index (χ4n) is 14.6. The minimum absolute atomic E-state index is 0.105. The van der Waals surface area contributed by atoms with E-state index in [1.807, 2.05) is 59.5 Å². The molecule has 382 valence electrons. The highest BCUT2D eigenvalue weighted by atomic mass is 15.1. The van der Waals surface area contributed by atoms with E-state index >= 15 is 0 Å². The number of nitrogens with zero attached hydrogens (tertiary/aromatic N) is 2. The summed E-state index contributed by atoms with van der Waals surface area (Å²) in [5.74, 6) is 0. The van der Waals surface area contributed by atoms with Gasteiger partial charge in [-0.15, -0.1) is 0 Å². The van der Waals surface area contributed by atoms with Gasteiger partial charge in [0.15, 0.2) is 0 Å². The number of fused-ring (bicyclic) bond motifs is 20. The highest BCUT2D eigenvalue weighted by Crippen LogP contribution is 2.65. The zero-order valence-corrected chi connectivity index (χ0v) is 44.6. The van der Waals surface area contributed by atoms with Crippen LogP contribution < -0.4 is 9.80 Å². The van der Waals surface area contributed by atoms with Crippen molar-refractivity contribution in [1.29, 1.82) is 0 Å². The van der Waals surface area contributed by atoms with Crippen molar-refractivity contribution in [2.45, 2.75) is 10.8 Å². The molecule has 0 bridgehead atoms. The predicted molar refractivity (Wildman–Crippen MR) is 339 cm³/mol. The van der Waals surface area contributed by atoms with Crippen molar-refractivity contribution >= 4 is 34.1 Å². The maximum absolute atomic E-state index is 9.85. The summed E-state index contributed by atoms with van der Waals surface area (Å²) in [5, 5.41) is 0. The third-order valence-electron chi connectivity index (χ3n) is 18.0. The number of anilines is 6. The van der Waals surface area contributed by atoms with Gasteiger partial charge in [-0.1, -0.05) is 243 Å². The molecular weight excluding hydrogens is 989 g/mol. The first-order valence-corrected chi connectivity index (χ1v) is 28.2. The lowest BCUT2D eigenvalue weighted by atomic mass is 9.70. The van der Waals surface area contributed by atoms with Crippen LogP contribution in [0.15, 0.2) is 315 Å². The maximum Gasteiger partial charge on any atom is 0.0726 e. The van der Waals surface area contributed by atoms with Gasteiger partial charge in [0.05, 0.1) is 16.3 Å². The Morgan fingerprint density at radius 2 is 0.451 bits per heavy atom. The van der Waals surface area contributed by atoms with E-state index in [0.717, 1.165) is 50.7 Å². The van der Waals surface area contributed by atoms with Gasteiger partial charge in [0.25, 0.3) is 0 Å². The first-order valence-electron chi connectivity index (χ1n) is 30.2. The quantitative estimate of drug-likeness (QED) is 0.150. The lowest BCUT2D eigenvalue weighted by Gasteiger charge is -2.32. The Morgan fingerprint density at radius 1 is 0.195 bits per heavy atom. The Bertz CT molecular complexity index is 4780. The topological polar surface area (TPSA) is 6.48 Å². The molecule has 4 aliphatic rings. The van der Waals surface area contributed by atoms with Gasteiger partial charge in [0.2, 0.25) is 0 Å². The summed E-state index contributed by atoms with van der Waals surface area (Å²) in [5.41, 5.74) is 26.3. The van der Waals surface area contributed by atoms with Crippen molar-refractivity contribution in [3.8, 4) is 66.8 Å². The molecule has 0 fully saturated rings. The van der Waals surface area contributed by atoms with Crippen LogP contribution in [0, 0.1) is 0 Å². The molecule has 0 amide bonds. The largest absolute Gasteiger partial charge is 0.310 e. The molecule has 0 saturated heterocycles. The number of hydrogen-bond donors (Lipinski definition) is 0. The predicted octanol–water partition coefficient (Wildman–Crippen LogP) is 20.6. The molecule has 0 atom stereocenters. The summed E-state index contributed by atoms with van der Waals surface area (Å²) >= 11 is 0. The second-order valence-corrected chi connectivity index (χ2v) is 21.9. The molecule has 0 radical (unpaired) electrons. The zero-order chi connectivity index (χ0) is 57.4.